The minimum Gasteiger partial charge on any atom is -0.507 e. The number of benzene rings is 4. The van der Waals surface area contributed by atoms with E-state index in [2.05, 4.69) is 24.3 Å². The first-order chi connectivity index (χ1) is 15.7. The lowest BCUT2D eigenvalue weighted by Crippen LogP contribution is -2.05. The van der Waals surface area contributed by atoms with Crippen LogP contribution in [-0.4, -0.2) is 10.2 Å². The molecule has 4 aromatic rings. The number of rotatable bonds is 5. The molecule has 2 nitrogen and oxygen atoms in total. The molecule has 0 amide bonds. The quantitative estimate of drug-likeness (QED) is 0.300. The first kappa shape index (κ1) is 22.9. The summed E-state index contributed by atoms with van der Waals surface area (Å²) in [4.78, 5) is 2.05. The summed E-state index contributed by atoms with van der Waals surface area (Å²) in [6.07, 6.45) is 0. The number of halogens is 1. The molecule has 4 aromatic carbocycles. The van der Waals surface area contributed by atoms with Crippen molar-refractivity contribution in [2.24, 2.45) is 0 Å². The minimum absolute atomic E-state index is 0.0501. The summed E-state index contributed by atoms with van der Waals surface area (Å²) in [7, 11) is 0. The summed E-state index contributed by atoms with van der Waals surface area (Å²) in [5.74, 6) is 0.352. The van der Waals surface area contributed by atoms with Gasteiger partial charge in [-0.1, -0.05) is 48.2 Å². The van der Waals surface area contributed by atoms with Gasteiger partial charge in [-0.15, -0.1) is 0 Å². The van der Waals surface area contributed by atoms with E-state index in [1.54, 1.807) is 23.9 Å². The second-order valence-electron chi connectivity index (χ2n) is 8.56. The Morgan fingerprint density at radius 1 is 0.576 bits per heavy atom. The fraction of sp³-hybridized carbons (Fsp3) is 0.172. The molecule has 0 spiro atoms. The molecule has 0 aromatic heterocycles. The average Bonchev–Trinajstić information content (AvgIpc) is 2.78. The van der Waals surface area contributed by atoms with Crippen molar-refractivity contribution in [3.8, 4) is 11.5 Å². The normalized spacial score (nSPS) is 11.2. The summed E-state index contributed by atoms with van der Waals surface area (Å²) < 4.78 is 13.2. The number of hydrogen-bond donors (Lipinski definition) is 2. The highest BCUT2D eigenvalue weighted by atomic mass is 32.2. The Hall–Kier alpha value is -3.24. The molecule has 0 radical (unpaired) electrons. The lowest BCUT2D eigenvalue weighted by atomic mass is 9.82. The van der Waals surface area contributed by atoms with Gasteiger partial charge in [0.15, 0.2) is 0 Å². The van der Waals surface area contributed by atoms with E-state index in [0.717, 1.165) is 48.7 Å². The zero-order valence-corrected chi connectivity index (χ0v) is 20.0. The average molecular weight is 459 g/mol. The molecule has 0 atom stereocenters. The third-order valence-electron chi connectivity index (χ3n) is 5.96. The Bertz CT molecular complexity index is 1190. The van der Waals surface area contributed by atoms with Crippen molar-refractivity contribution in [2.45, 2.75) is 43.4 Å². The van der Waals surface area contributed by atoms with Gasteiger partial charge in [-0.25, -0.2) is 4.39 Å². The number of phenols is 2. The van der Waals surface area contributed by atoms with Gasteiger partial charge in [-0.2, -0.15) is 0 Å². The second-order valence-corrected chi connectivity index (χ2v) is 9.71. The highest BCUT2D eigenvalue weighted by molar-refractivity contribution is 7.99. The molecule has 0 heterocycles. The molecule has 4 heteroatoms. The van der Waals surface area contributed by atoms with Gasteiger partial charge in [0.2, 0.25) is 0 Å². The van der Waals surface area contributed by atoms with E-state index in [1.165, 1.54) is 12.1 Å². The Labute approximate surface area is 198 Å². The molecule has 4 rings (SSSR count). The molecule has 2 N–H and O–H groups in total. The van der Waals surface area contributed by atoms with E-state index in [1.807, 2.05) is 52.0 Å². The zero-order valence-electron chi connectivity index (χ0n) is 19.2. The predicted octanol–water partition coefficient (Wildman–Crippen LogP) is 7.80. The van der Waals surface area contributed by atoms with E-state index >= 15 is 0 Å². The summed E-state index contributed by atoms with van der Waals surface area (Å²) in [5, 5.41) is 20.6. The molecule has 0 aliphatic rings. The topological polar surface area (TPSA) is 40.5 Å². The lowest BCUT2D eigenvalue weighted by molar-refractivity contribution is 0.466. The highest BCUT2D eigenvalue weighted by Gasteiger charge is 2.20. The maximum atomic E-state index is 13.2. The Morgan fingerprint density at radius 3 is 1.33 bits per heavy atom. The lowest BCUT2D eigenvalue weighted by Gasteiger charge is -2.22. The molecule has 0 fully saturated rings. The van der Waals surface area contributed by atoms with E-state index in [0.29, 0.717) is 11.5 Å². The molecular formula is C29H27FO2S. The molecule has 0 unspecified atom stereocenters. The van der Waals surface area contributed by atoms with Crippen LogP contribution in [0.15, 0.2) is 82.6 Å². The highest BCUT2D eigenvalue weighted by Crippen LogP contribution is 2.39. The Morgan fingerprint density at radius 2 is 0.939 bits per heavy atom. The molecule has 0 saturated heterocycles. The smallest absolute Gasteiger partial charge is 0.123 e. The SMILES string of the molecule is Cc1cc(C(c2ccc(Sc3ccc(F)cc3)cc2)c2cc(C)c(O)c(C)c2)cc(C)c1O. The fourth-order valence-electron chi connectivity index (χ4n) is 4.26. The van der Waals surface area contributed by atoms with E-state index in [-0.39, 0.29) is 11.7 Å². The van der Waals surface area contributed by atoms with Gasteiger partial charge in [0.05, 0.1) is 0 Å². The maximum absolute atomic E-state index is 13.2. The Kier molecular flexibility index (Phi) is 6.48. The first-order valence-corrected chi connectivity index (χ1v) is 11.7. The standard InChI is InChI=1S/C29H27FO2S/c1-17-13-22(14-18(2)28(17)31)27(23-15-19(3)29(32)20(4)16-23)21-5-9-25(10-6-21)33-26-11-7-24(30)8-12-26/h5-16,27,31-32H,1-4H3. The molecular weight excluding hydrogens is 431 g/mol. The maximum Gasteiger partial charge on any atom is 0.123 e. The number of phenolic OH excluding ortho intramolecular Hbond substituents is 2. The van der Waals surface area contributed by atoms with Gasteiger partial charge in [-0.05, 0) is 103 Å². The molecule has 168 valence electrons. The van der Waals surface area contributed by atoms with E-state index in [9.17, 15) is 14.6 Å². The van der Waals surface area contributed by atoms with Crippen LogP contribution >= 0.6 is 11.8 Å². The number of hydrogen-bond acceptors (Lipinski definition) is 3. The van der Waals surface area contributed by atoms with Gasteiger partial charge >= 0.3 is 0 Å². The van der Waals surface area contributed by atoms with Gasteiger partial charge in [-0.3, -0.25) is 0 Å². The van der Waals surface area contributed by atoms with Crippen LogP contribution < -0.4 is 0 Å². The van der Waals surface area contributed by atoms with E-state index in [4.69, 9.17) is 0 Å². The van der Waals surface area contributed by atoms with Crippen molar-refractivity contribution in [1.82, 2.24) is 0 Å². The summed E-state index contributed by atoms with van der Waals surface area (Å²) >= 11 is 1.59. The van der Waals surface area contributed by atoms with Crippen molar-refractivity contribution >= 4 is 11.8 Å². The monoisotopic (exact) mass is 458 g/mol. The third kappa shape index (κ3) is 4.91. The van der Waals surface area contributed by atoms with E-state index < -0.39 is 0 Å². The number of aryl methyl sites for hydroxylation is 4. The van der Waals surface area contributed by atoms with Crippen LogP contribution in [-0.2, 0) is 0 Å². The zero-order chi connectivity index (χ0) is 23.7. The largest absolute Gasteiger partial charge is 0.507 e. The van der Waals surface area contributed by atoms with Crippen LogP contribution in [0.3, 0.4) is 0 Å². The number of aromatic hydroxyl groups is 2. The van der Waals surface area contributed by atoms with Crippen molar-refractivity contribution in [1.29, 1.82) is 0 Å². The van der Waals surface area contributed by atoms with Gasteiger partial charge in [0, 0.05) is 15.7 Å². The van der Waals surface area contributed by atoms with Crippen molar-refractivity contribution in [2.75, 3.05) is 0 Å². The molecule has 0 aliphatic heterocycles. The van der Waals surface area contributed by atoms with Crippen LogP contribution in [0.25, 0.3) is 0 Å². The van der Waals surface area contributed by atoms with Crippen LogP contribution in [0.5, 0.6) is 11.5 Å². The van der Waals surface area contributed by atoms with Crippen LogP contribution in [0.1, 0.15) is 44.9 Å². The molecule has 0 saturated carbocycles. The van der Waals surface area contributed by atoms with Crippen LogP contribution in [0.4, 0.5) is 4.39 Å². The molecule has 33 heavy (non-hydrogen) atoms. The van der Waals surface area contributed by atoms with Crippen molar-refractivity contribution in [3.63, 3.8) is 0 Å². The summed E-state index contributed by atoms with van der Waals surface area (Å²) in [6.45, 7) is 7.66. The first-order valence-electron chi connectivity index (χ1n) is 10.9. The predicted molar refractivity (Wildman–Crippen MR) is 133 cm³/mol. The van der Waals surface area contributed by atoms with Gasteiger partial charge in [0.1, 0.15) is 17.3 Å². The molecule has 0 bridgehead atoms. The summed E-state index contributed by atoms with van der Waals surface area (Å²) in [6, 6.07) is 23.0. The third-order valence-corrected chi connectivity index (χ3v) is 6.97. The van der Waals surface area contributed by atoms with Crippen LogP contribution in [0.2, 0.25) is 0 Å². The minimum atomic E-state index is -0.239. The second kappa shape index (κ2) is 9.32. The van der Waals surface area contributed by atoms with Gasteiger partial charge in [0.25, 0.3) is 0 Å². The Balaban J connectivity index is 1.77. The van der Waals surface area contributed by atoms with Crippen LogP contribution in [0, 0.1) is 33.5 Å². The molecule has 0 aliphatic carbocycles. The van der Waals surface area contributed by atoms with Crippen molar-refractivity contribution < 1.29 is 14.6 Å². The van der Waals surface area contributed by atoms with Crippen molar-refractivity contribution in [3.05, 3.63) is 118 Å². The fourth-order valence-corrected chi connectivity index (χ4v) is 5.07. The van der Waals surface area contributed by atoms with Gasteiger partial charge < -0.3 is 10.2 Å². The summed E-state index contributed by atoms with van der Waals surface area (Å²) in [5.41, 5.74) is 6.65.